The van der Waals surface area contributed by atoms with Crippen LogP contribution in [-0.4, -0.2) is 9.55 Å². The van der Waals surface area contributed by atoms with Gasteiger partial charge < -0.3 is 9.88 Å². The van der Waals surface area contributed by atoms with E-state index in [1.54, 1.807) is 11.3 Å². The van der Waals surface area contributed by atoms with Crippen LogP contribution in [0, 0.1) is 6.92 Å². The number of anilines is 1. The van der Waals surface area contributed by atoms with Crippen LogP contribution in [-0.2, 0) is 6.54 Å². The fourth-order valence-corrected chi connectivity index (χ4v) is 2.46. The Kier molecular flexibility index (Phi) is 3.29. The molecule has 86 valence electrons. The van der Waals surface area contributed by atoms with Gasteiger partial charge in [0.1, 0.15) is 0 Å². The molecule has 16 heavy (non-hydrogen) atoms. The largest absolute Gasteiger partial charge is 0.351 e. The summed E-state index contributed by atoms with van der Waals surface area (Å²) in [7, 11) is 0. The van der Waals surface area contributed by atoms with Crippen molar-refractivity contribution < 1.29 is 0 Å². The molecule has 0 atom stereocenters. The number of thiophene rings is 1. The zero-order valence-electron chi connectivity index (χ0n) is 9.90. The molecule has 0 saturated carbocycles. The molecule has 0 aliphatic carbocycles. The zero-order valence-corrected chi connectivity index (χ0v) is 10.7. The van der Waals surface area contributed by atoms with Crippen LogP contribution in [0.4, 0.5) is 5.95 Å². The van der Waals surface area contributed by atoms with Crippen LogP contribution < -0.4 is 5.32 Å². The first-order valence-corrected chi connectivity index (χ1v) is 6.36. The molecule has 0 aliphatic rings. The highest BCUT2D eigenvalue weighted by Gasteiger charge is 2.06. The fourth-order valence-electron chi connectivity index (χ4n) is 1.61. The molecule has 4 heteroatoms. The molecular formula is C12H17N3S. The Hall–Kier alpha value is -1.29. The molecule has 0 bridgehead atoms. The van der Waals surface area contributed by atoms with Crippen LogP contribution in [0.2, 0.25) is 0 Å². The van der Waals surface area contributed by atoms with E-state index >= 15 is 0 Å². The molecule has 0 amide bonds. The summed E-state index contributed by atoms with van der Waals surface area (Å²) in [6.45, 7) is 7.31. The summed E-state index contributed by atoms with van der Waals surface area (Å²) in [6.07, 6.45) is 3.85. The lowest BCUT2D eigenvalue weighted by molar-refractivity contribution is 0.605. The Morgan fingerprint density at radius 3 is 2.94 bits per heavy atom. The lowest BCUT2D eigenvalue weighted by atomic mass is 10.3. The average Bonchev–Trinajstić information content (AvgIpc) is 2.83. The maximum atomic E-state index is 4.32. The normalized spacial score (nSPS) is 11.0. The summed E-state index contributed by atoms with van der Waals surface area (Å²) in [4.78, 5) is 5.70. The van der Waals surface area contributed by atoms with Gasteiger partial charge in [0, 0.05) is 23.3 Å². The van der Waals surface area contributed by atoms with Crippen molar-refractivity contribution in [3.05, 3.63) is 34.3 Å². The minimum atomic E-state index is 0.439. The molecule has 2 aromatic heterocycles. The van der Waals surface area contributed by atoms with Crippen LogP contribution >= 0.6 is 11.3 Å². The van der Waals surface area contributed by atoms with Gasteiger partial charge in [-0.25, -0.2) is 4.98 Å². The quantitative estimate of drug-likeness (QED) is 0.879. The van der Waals surface area contributed by atoms with E-state index in [4.69, 9.17) is 0 Å². The number of hydrogen-bond acceptors (Lipinski definition) is 3. The summed E-state index contributed by atoms with van der Waals surface area (Å²) in [5, 5.41) is 5.51. The lowest BCUT2D eigenvalue weighted by Crippen LogP contribution is -2.08. The summed E-state index contributed by atoms with van der Waals surface area (Å²) >= 11 is 1.79. The Bertz CT molecular complexity index is 456. The molecular weight excluding hydrogens is 218 g/mol. The number of aryl methyl sites for hydroxylation is 1. The molecule has 0 radical (unpaired) electrons. The molecule has 2 heterocycles. The topological polar surface area (TPSA) is 29.9 Å². The Balaban J connectivity index is 2.05. The standard InChI is InChI=1S/C12H17N3S/c1-9(2)15-6-5-13-12(15)14-8-11-10(3)4-7-16-11/h4-7,9H,8H2,1-3H3,(H,13,14). The number of nitrogens with one attached hydrogen (secondary N) is 1. The monoisotopic (exact) mass is 235 g/mol. The van der Waals surface area contributed by atoms with E-state index in [1.807, 2.05) is 12.4 Å². The molecule has 0 saturated heterocycles. The molecule has 1 N–H and O–H groups in total. The molecule has 0 aromatic carbocycles. The van der Waals surface area contributed by atoms with E-state index in [2.05, 4.69) is 47.1 Å². The second-order valence-electron chi connectivity index (χ2n) is 4.13. The Morgan fingerprint density at radius 1 is 1.50 bits per heavy atom. The first-order chi connectivity index (χ1) is 7.68. The number of rotatable bonds is 4. The van der Waals surface area contributed by atoms with Crippen molar-refractivity contribution >= 4 is 17.3 Å². The van der Waals surface area contributed by atoms with E-state index in [9.17, 15) is 0 Å². The number of imidazole rings is 1. The summed E-state index contributed by atoms with van der Waals surface area (Å²) < 4.78 is 2.14. The van der Waals surface area contributed by atoms with Crippen molar-refractivity contribution in [2.24, 2.45) is 0 Å². The van der Waals surface area contributed by atoms with Crippen molar-refractivity contribution in [2.45, 2.75) is 33.4 Å². The van der Waals surface area contributed by atoms with Gasteiger partial charge in [-0.3, -0.25) is 0 Å². The molecule has 0 fully saturated rings. The van der Waals surface area contributed by atoms with Crippen molar-refractivity contribution in [3.8, 4) is 0 Å². The van der Waals surface area contributed by atoms with E-state index in [0.717, 1.165) is 12.5 Å². The Morgan fingerprint density at radius 2 is 2.31 bits per heavy atom. The first-order valence-electron chi connectivity index (χ1n) is 5.48. The maximum absolute atomic E-state index is 4.32. The van der Waals surface area contributed by atoms with Crippen molar-refractivity contribution in [1.29, 1.82) is 0 Å². The third-order valence-corrected chi connectivity index (χ3v) is 3.62. The van der Waals surface area contributed by atoms with Crippen LogP contribution in [0.5, 0.6) is 0 Å². The van der Waals surface area contributed by atoms with Crippen LogP contribution in [0.3, 0.4) is 0 Å². The predicted octanol–water partition coefficient (Wildman–Crippen LogP) is 3.45. The third kappa shape index (κ3) is 2.27. The summed E-state index contributed by atoms with van der Waals surface area (Å²) in [5.74, 6) is 0.947. The van der Waals surface area contributed by atoms with E-state index in [0.29, 0.717) is 6.04 Å². The van der Waals surface area contributed by atoms with Gasteiger partial charge in [-0.2, -0.15) is 0 Å². The molecule has 3 nitrogen and oxygen atoms in total. The lowest BCUT2D eigenvalue weighted by Gasteiger charge is -2.12. The van der Waals surface area contributed by atoms with E-state index in [-0.39, 0.29) is 0 Å². The minimum Gasteiger partial charge on any atom is -0.351 e. The summed E-state index contributed by atoms with van der Waals surface area (Å²) in [6, 6.07) is 2.59. The Labute approximate surface area is 100 Å². The van der Waals surface area contributed by atoms with Crippen LogP contribution in [0.1, 0.15) is 30.3 Å². The first kappa shape index (κ1) is 11.2. The van der Waals surface area contributed by atoms with Crippen molar-refractivity contribution in [3.63, 3.8) is 0 Å². The van der Waals surface area contributed by atoms with E-state index in [1.165, 1.54) is 10.4 Å². The average molecular weight is 235 g/mol. The molecule has 0 unspecified atom stereocenters. The van der Waals surface area contributed by atoms with Gasteiger partial charge in [0.2, 0.25) is 5.95 Å². The maximum Gasteiger partial charge on any atom is 0.203 e. The second-order valence-corrected chi connectivity index (χ2v) is 5.13. The molecule has 0 spiro atoms. The highest BCUT2D eigenvalue weighted by molar-refractivity contribution is 7.10. The van der Waals surface area contributed by atoms with Crippen LogP contribution in [0.15, 0.2) is 23.8 Å². The SMILES string of the molecule is Cc1ccsc1CNc1nccn1C(C)C. The minimum absolute atomic E-state index is 0.439. The van der Waals surface area contributed by atoms with Gasteiger partial charge in [-0.1, -0.05) is 0 Å². The van der Waals surface area contributed by atoms with Gasteiger partial charge in [0.15, 0.2) is 0 Å². The zero-order chi connectivity index (χ0) is 11.5. The van der Waals surface area contributed by atoms with Crippen molar-refractivity contribution in [2.75, 3.05) is 5.32 Å². The van der Waals surface area contributed by atoms with Crippen molar-refractivity contribution in [1.82, 2.24) is 9.55 Å². The smallest absolute Gasteiger partial charge is 0.203 e. The van der Waals surface area contributed by atoms with Crippen LogP contribution in [0.25, 0.3) is 0 Å². The van der Waals surface area contributed by atoms with Gasteiger partial charge in [0.05, 0.1) is 6.54 Å². The van der Waals surface area contributed by atoms with Gasteiger partial charge in [-0.15, -0.1) is 11.3 Å². The second kappa shape index (κ2) is 4.70. The number of aromatic nitrogens is 2. The highest BCUT2D eigenvalue weighted by Crippen LogP contribution is 2.18. The molecule has 2 aromatic rings. The summed E-state index contributed by atoms with van der Waals surface area (Å²) in [5.41, 5.74) is 1.35. The van der Waals surface area contributed by atoms with E-state index < -0.39 is 0 Å². The molecule has 0 aliphatic heterocycles. The molecule has 2 rings (SSSR count). The van der Waals surface area contributed by atoms with Gasteiger partial charge in [-0.05, 0) is 37.8 Å². The number of nitrogens with zero attached hydrogens (tertiary/aromatic N) is 2. The van der Waals surface area contributed by atoms with Gasteiger partial charge in [0.25, 0.3) is 0 Å². The highest BCUT2D eigenvalue weighted by atomic mass is 32.1. The van der Waals surface area contributed by atoms with Gasteiger partial charge >= 0.3 is 0 Å². The third-order valence-electron chi connectivity index (χ3n) is 2.60. The predicted molar refractivity (Wildman–Crippen MR) is 69.0 cm³/mol. The number of hydrogen-bond donors (Lipinski definition) is 1. The fraction of sp³-hybridized carbons (Fsp3) is 0.417.